The van der Waals surface area contributed by atoms with E-state index in [4.69, 9.17) is 16.3 Å². The van der Waals surface area contributed by atoms with Gasteiger partial charge in [-0.15, -0.1) is 0 Å². The summed E-state index contributed by atoms with van der Waals surface area (Å²) in [7, 11) is 2.01. The van der Waals surface area contributed by atoms with Crippen LogP contribution in [-0.4, -0.2) is 32.1 Å². The quantitative estimate of drug-likeness (QED) is 0.771. The average molecular weight is 361 g/mol. The fourth-order valence-electron chi connectivity index (χ4n) is 2.45. The normalized spacial score (nSPS) is 11.7. The molecule has 2 aromatic rings. The van der Waals surface area contributed by atoms with Crippen LogP contribution >= 0.6 is 11.6 Å². The van der Waals surface area contributed by atoms with Crippen LogP contribution in [0.15, 0.2) is 48.5 Å². The molecule has 0 aliphatic rings. The Morgan fingerprint density at radius 3 is 2.60 bits per heavy atom. The summed E-state index contributed by atoms with van der Waals surface area (Å²) in [5, 5.41) is 3.64. The highest BCUT2D eigenvalue weighted by Crippen LogP contribution is 2.22. The van der Waals surface area contributed by atoms with E-state index in [0.717, 1.165) is 17.8 Å². The van der Waals surface area contributed by atoms with Crippen LogP contribution in [0.4, 0.5) is 5.69 Å². The van der Waals surface area contributed by atoms with Gasteiger partial charge in [-0.3, -0.25) is 4.79 Å². The number of halogens is 1. The number of nitrogens with zero attached hydrogens (tertiary/aromatic N) is 1. The van der Waals surface area contributed by atoms with Crippen molar-refractivity contribution in [2.45, 2.75) is 26.4 Å². The number of carbonyl (C=O) groups excluding carboxylic acids is 1. The number of hydrogen-bond donors (Lipinski definition) is 1. The topological polar surface area (TPSA) is 41.6 Å². The van der Waals surface area contributed by atoms with E-state index in [2.05, 4.69) is 10.2 Å². The first-order valence-electron chi connectivity index (χ1n) is 8.48. The maximum atomic E-state index is 12.4. The molecule has 25 heavy (non-hydrogen) atoms. The highest BCUT2D eigenvalue weighted by atomic mass is 35.5. The van der Waals surface area contributed by atoms with Crippen LogP contribution in [0.2, 0.25) is 5.02 Å². The minimum absolute atomic E-state index is 0.100. The van der Waals surface area contributed by atoms with Crippen LogP contribution in [0.25, 0.3) is 0 Å². The number of amides is 1. The molecule has 1 amide bonds. The van der Waals surface area contributed by atoms with Crippen molar-refractivity contribution < 1.29 is 9.53 Å². The summed E-state index contributed by atoms with van der Waals surface area (Å²) >= 11 is 6.02. The minimum Gasteiger partial charge on any atom is -0.481 e. The minimum atomic E-state index is -0.511. The number of aryl methyl sites for hydroxylation is 1. The van der Waals surface area contributed by atoms with Crippen molar-refractivity contribution in [1.29, 1.82) is 0 Å². The zero-order valence-electron chi connectivity index (χ0n) is 15.0. The number of nitrogens with one attached hydrogen (secondary N) is 1. The lowest BCUT2D eigenvalue weighted by Gasteiger charge is -2.21. The largest absolute Gasteiger partial charge is 0.481 e. The Morgan fingerprint density at radius 2 is 1.96 bits per heavy atom. The van der Waals surface area contributed by atoms with E-state index < -0.39 is 6.10 Å². The molecular formula is C20H25ClN2O2. The summed E-state index contributed by atoms with van der Waals surface area (Å²) in [5.41, 5.74) is 2.05. The highest BCUT2D eigenvalue weighted by molar-refractivity contribution is 6.31. The Balaban J connectivity index is 1.84. The third-order valence-corrected chi connectivity index (χ3v) is 4.44. The van der Waals surface area contributed by atoms with Crippen molar-refractivity contribution >= 4 is 23.2 Å². The van der Waals surface area contributed by atoms with Crippen LogP contribution in [0, 0.1) is 6.92 Å². The molecule has 0 spiro atoms. The summed E-state index contributed by atoms with van der Waals surface area (Å²) in [6.45, 7) is 5.13. The first-order chi connectivity index (χ1) is 12.0. The number of anilines is 1. The van der Waals surface area contributed by atoms with Crippen molar-refractivity contribution in [3.05, 3.63) is 59.1 Å². The lowest BCUT2D eigenvalue weighted by atomic mass is 10.2. The molecule has 4 nitrogen and oxygen atoms in total. The number of rotatable bonds is 8. The molecule has 0 radical (unpaired) electrons. The van der Waals surface area contributed by atoms with Crippen LogP contribution in [-0.2, 0) is 4.79 Å². The summed E-state index contributed by atoms with van der Waals surface area (Å²) in [6.07, 6.45) is 0.0878. The maximum absolute atomic E-state index is 12.4. The Morgan fingerprint density at radius 1 is 1.24 bits per heavy atom. The molecule has 2 rings (SSSR count). The molecule has 0 unspecified atom stereocenters. The zero-order valence-corrected chi connectivity index (χ0v) is 15.7. The maximum Gasteiger partial charge on any atom is 0.261 e. The molecule has 1 N–H and O–H groups in total. The van der Waals surface area contributed by atoms with Crippen molar-refractivity contribution in [3.63, 3.8) is 0 Å². The Kier molecular flexibility index (Phi) is 7.14. The first-order valence-corrected chi connectivity index (χ1v) is 8.85. The van der Waals surface area contributed by atoms with Gasteiger partial charge in [0.05, 0.1) is 0 Å². The smallest absolute Gasteiger partial charge is 0.261 e. The lowest BCUT2D eigenvalue weighted by molar-refractivity contribution is -0.128. The predicted molar refractivity (Wildman–Crippen MR) is 104 cm³/mol. The molecule has 134 valence electrons. The van der Waals surface area contributed by atoms with E-state index in [1.807, 2.05) is 57.3 Å². The molecule has 5 heteroatoms. The van der Waals surface area contributed by atoms with Gasteiger partial charge in [-0.1, -0.05) is 36.7 Å². The monoisotopic (exact) mass is 360 g/mol. The molecule has 0 saturated heterocycles. The van der Waals surface area contributed by atoms with E-state index in [1.165, 1.54) is 0 Å². The fraction of sp³-hybridized carbons (Fsp3) is 0.350. The van der Waals surface area contributed by atoms with E-state index in [1.54, 1.807) is 12.1 Å². The summed E-state index contributed by atoms with van der Waals surface area (Å²) < 4.78 is 5.82. The van der Waals surface area contributed by atoms with Crippen LogP contribution in [0.1, 0.15) is 18.9 Å². The summed E-state index contributed by atoms with van der Waals surface area (Å²) in [5.74, 6) is 0.557. The van der Waals surface area contributed by atoms with Crippen LogP contribution in [0.5, 0.6) is 5.75 Å². The standard InChI is InChI=1S/C20H25ClN2O2/c1-4-19(25-17-10-11-18(21)15(2)14-17)20(24)22-12-13-23(3)16-8-6-5-7-9-16/h5-11,14,19H,4,12-13H2,1-3H3,(H,22,24)/t19-/m0/s1. The molecule has 0 fully saturated rings. The Labute approximate surface area is 154 Å². The van der Waals surface area contributed by atoms with E-state index >= 15 is 0 Å². The van der Waals surface area contributed by atoms with E-state index in [-0.39, 0.29) is 5.91 Å². The molecule has 0 saturated carbocycles. The second-order valence-corrected chi connectivity index (χ2v) is 6.38. The van der Waals surface area contributed by atoms with Crippen molar-refractivity contribution in [2.24, 2.45) is 0 Å². The molecule has 0 aliphatic heterocycles. The summed E-state index contributed by atoms with van der Waals surface area (Å²) in [6, 6.07) is 15.5. The van der Waals surface area contributed by atoms with Gasteiger partial charge in [-0.2, -0.15) is 0 Å². The molecular weight excluding hydrogens is 336 g/mol. The van der Waals surface area contributed by atoms with Crippen LogP contribution in [0.3, 0.4) is 0 Å². The van der Waals surface area contributed by atoms with E-state index in [9.17, 15) is 4.79 Å². The molecule has 0 aromatic heterocycles. The number of para-hydroxylation sites is 1. The van der Waals surface area contributed by atoms with Crippen molar-refractivity contribution in [3.8, 4) is 5.75 Å². The molecule has 0 bridgehead atoms. The van der Waals surface area contributed by atoms with Gasteiger partial charge in [0, 0.05) is 30.8 Å². The third-order valence-electron chi connectivity index (χ3n) is 4.01. The number of ether oxygens (including phenoxy) is 1. The van der Waals surface area contributed by atoms with Crippen molar-refractivity contribution in [1.82, 2.24) is 5.32 Å². The van der Waals surface area contributed by atoms with Crippen LogP contribution < -0.4 is 15.0 Å². The molecule has 0 heterocycles. The van der Waals surface area contributed by atoms with Gasteiger partial charge < -0.3 is 15.0 Å². The second kappa shape index (κ2) is 9.33. The predicted octanol–water partition coefficient (Wildman–Crippen LogP) is 4.06. The third kappa shape index (κ3) is 5.68. The van der Waals surface area contributed by atoms with Gasteiger partial charge >= 0.3 is 0 Å². The Hall–Kier alpha value is -2.20. The van der Waals surface area contributed by atoms with Crippen molar-refractivity contribution in [2.75, 3.05) is 25.0 Å². The highest BCUT2D eigenvalue weighted by Gasteiger charge is 2.18. The molecule has 2 aromatic carbocycles. The Bertz CT molecular complexity index is 691. The van der Waals surface area contributed by atoms with Gasteiger partial charge in [0.15, 0.2) is 6.10 Å². The number of likely N-dealkylation sites (N-methyl/N-ethyl adjacent to an activating group) is 1. The first kappa shape index (κ1) is 19.1. The van der Waals surface area contributed by atoms with Gasteiger partial charge in [0.1, 0.15) is 5.75 Å². The van der Waals surface area contributed by atoms with E-state index in [0.29, 0.717) is 23.7 Å². The second-order valence-electron chi connectivity index (χ2n) is 5.97. The fourth-order valence-corrected chi connectivity index (χ4v) is 2.57. The van der Waals surface area contributed by atoms with Gasteiger partial charge in [-0.25, -0.2) is 0 Å². The van der Waals surface area contributed by atoms with Gasteiger partial charge in [0.2, 0.25) is 0 Å². The molecule has 0 aliphatic carbocycles. The zero-order chi connectivity index (χ0) is 18.2. The number of carbonyl (C=O) groups is 1. The average Bonchev–Trinajstić information content (AvgIpc) is 2.63. The SMILES string of the molecule is CC[C@H](Oc1ccc(Cl)c(C)c1)C(=O)NCCN(C)c1ccccc1. The lowest BCUT2D eigenvalue weighted by Crippen LogP contribution is -2.41. The van der Waals surface area contributed by atoms with Gasteiger partial charge in [0.25, 0.3) is 5.91 Å². The number of benzene rings is 2. The number of hydrogen-bond acceptors (Lipinski definition) is 3. The van der Waals surface area contributed by atoms with Gasteiger partial charge in [-0.05, 0) is 49.2 Å². The summed E-state index contributed by atoms with van der Waals surface area (Å²) in [4.78, 5) is 14.5. The molecule has 1 atom stereocenters.